The van der Waals surface area contributed by atoms with Gasteiger partial charge in [0.05, 0.1) is 14.2 Å². The van der Waals surface area contributed by atoms with Crippen molar-refractivity contribution in [1.82, 2.24) is 118 Å². The van der Waals surface area contributed by atoms with Gasteiger partial charge in [-0.3, -0.25) is 9.78 Å². The Labute approximate surface area is 513 Å². The van der Waals surface area contributed by atoms with E-state index in [-0.39, 0.29) is 18.8 Å². The number of pyridine rings is 1. The number of piperazine rings is 1. The molecule has 0 spiro atoms. The molecule has 456 valence electrons. The van der Waals surface area contributed by atoms with Crippen molar-refractivity contribution in [3.63, 3.8) is 0 Å². The van der Waals surface area contributed by atoms with E-state index in [0.717, 1.165) is 67.3 Å². The lowest BCUT2D eigenvalue weighted by Gasteiger charge is -2.35. The van der Waals surface area contributed by atoms with E-state index < -0.39 is 5.60 Å². The third-order valence-corrected chi connectivity index (χ3v) is 13.3. The van der Waals surface area contributed by atoms with Gasteiger partial charge in [0.1, 0.15) is 17.1 Å². The number of amides is 2. The summed E-state index contributed by atoms with van der Waals surface area (Å²) in [6.45, 7) is 9.58. The van der Waals surface area contributed by atoms with Crippen molar-refractivity contribution in [2.24, 2.45) is 0 Å². The molecule has 2 aliphatic rings. The summed E-state index contributed by atoms with van der Waals surface area (Å²) in [5.41, 5.74) is 9.86. The maximum Gasteiger partial charge on any atom is 0.410 e. The second-order valence-electron chi connectivity index (χ2n) is 20.4. The van der Waals surface area contributed by atoms with Crippen LogP contribution in [-0.4, -0.2) is 183 Å². The van der Waals surface area contributed by atoms with Crippen molar-refractivity contribution in [2.45, 2.75) is 33.3 Å². The number of aromatic amines is 5. The minimum atomic E-state index is -0.523. The van der Waals surface area contributed by atoms with E-state index in [1.54, 1.807) is 54.5 Å². The van der Waals surface area contributed by atoms with E-state index in [9.17, 15) is 9.59 Å². The lowest BCUT2D eigenvalue weighted by atomic mass is 10.0. The number of hydrogen-bond acceptors (Lipinski definition) is 23. The van der Waals surface area contributed by atoms with Crippen LogP contribution in [0.3, 0.4) is 0 Å². The Morgan fingerprint density at radius 1 is 0.456 bits per heavy atom. The van der Waals surface area contributed by atoms with Gasteiger partial charge in [0.15, 0.2) is 11.5 Å². The molecule has 0 bridgehead atoms. The summed E-state index contributed by atoms with van der Waals surface area (Å²) < 4.78 is 26.3. The molecule has 14 rings (SSSR count). The van der Waals surface area contributed by atoms with Crippen LogP contribution in [-0.2, 0) is 4.74 Å². The first-order valence-electron chi connectivity index (χ1n) is 27.7. The second-order valence-corrected chi connectivity index (χ2v) is 20.4. The third-order valence-electron chi connectivity index (χ3n) is 13.3. The van der Waals surface area contributed by atoms with Crippen LogP contribution in [0.4, 0.5) is 4.79 Å². The molecule has 2 amide bonds. The van der Waals surface area contributed by atoms with Crippen LogP contribution in [0.25, 0.3) is 79.2 Å². The highest BCUT2D eigenvalue weighted by molar-refractivity contribution is 5.95. The highest BCUT2D eigenvalue weighted by atomic mass is 16.7. The average Bonchev–Trinajstić information content (AvgIpc) is 4.64. The number of nitrogens with zero attached hydrogens (tertiary/aromatic N) is 18. The zero-order valence-corrected chi connectivity index (χ0v) is 49.5. The van der Waals surface area contributed by atoms with Crippen LogP contribution in [0.2, 0.25) is 0 Å². The zero-order chi connectivity index (χ0) is 62.7. The fourth-order valence-electron chi connectivity index (χ4n) is 8.85. The fraction of sp³-hybridized carbons (Fsp3) is 0.200. The summed E-state index contributed by atoms with van der Waals surface area (Å²) in [5, 5.41) is 68.9. The molecule has 12 aromatic rings. The summed E-state index contributed by atoms with van der Waals surface area (Å²) in [5.74, 6) is 5.62. The maximum absolute atomic E-state index is 12.6. The molecule has 2 aliphatic heterocycles. The molecule has 0 saturated carbocycles. The lowest BCUT2D eigenvalue weighted by molar-refractivity contribution is 0.0141. The smallest absolute Gasteiger partial charge is 0.410 e. The first-order chi connectivity index (χ1) is 43.9. The molecular weight excluding hydrogens is 1150 g/mol. The Morgan fingerprint density at radius 3 is 1.41 bits per heavy atom. The van der Waals surface area contributed by atoms with Crippen LogP contribution < -0.4 is 18.9 Å². The third kappa shape index (κ3) is 16.0. The van der Waals surface area contributed by atoms with E-state index in [4.69, 9.17) is 23.7 Å². The molecule has 0 radical (unpaired) electrons. The number of benzene rings is 6. The number of tetrazole rings is 5. The highest BCUT2D eigenvalue weighted by Crippen LogP contribution is 2.35. The highest BCUT2D eigenvalue weighted by Gasteiger charge is 2.28. The maximum atomic E-state index is 12.6. The first kappa shape index (κ1) is 60.9. The number of aromatic nitrogens is 21. The van der Waals surface area contributed by atoms with E-state index in [0.29, 0.717) is 66.6 Å². The Balaban J connectivity index is 0.000000126. The Kier molecular flexibility index (Phi) is 19.8. The van der Waals surface area contributed by atoms with Crippen LogP contribution in [0.1, 0.15) is 36.7 Å². The topological polar surface area (TPSA) is 372 Å². The monoisotopic (exact) mass is 1210 g/mol. The van der Waals surface area contributed by atoms with Crippen molar-refractivity contribution >= 4 is 12.0 Å². The van der Waals surface area contributed by atoms with Crippen molar-refractivity contribution in [3.8, 4) is 102 Å². The molecule has 90 heavy (non-hydrogen) atoms. The van der Waals surface area contributed by atoms with Gasteiger partial charge in [0.2, 0.25) is 35.9 Å². The van der Waals surface area contributed by atoms with Gasteiger partial charge in [-0.2, -0.15) is 26.1 Å². The molecule has 0 atom stereocenters. The normalized spacial score (nSPS) is 12.1. The van der Waals surface area contributed by atoms with Crippen LogP contribution in [0.15, 0.2) is 158 Å². The van der Waals surface area contributed by atoms with E-state index in [1.807, 2.05) is 131 Å². The van der Waals surface area contributed by atoms with Crippen LogP contribution >= 0.6 is 0 Å². The first-order valence-corrected chi connectivity index (χ1v) is 27.7. The number of ether oxygens (including phenoxy) is 5. The van der Waals surface area contributed by atoms with Gasteiger partial charge in [-0.15, -0.1) is 51.0 Å². The molecule has 1 fully saturated rings. The van der Waals surface area contributed by atoms with Gasteiger partial charge >= 0.3 is 6.09 Å². The molecule has 0 aliphatic carbocycles. The van der Waals surface area contributed by atoms with E-state index in [1.165, 1.54) is 5.56 Å². The number of fused-ring (bicyclic) bond motifs is 1. The molecule has 0 unspecified atom stereocenters. The van der Waals surface area contributed by atoms with Crippen molar-refractivity contribution in [3.05, 3.63) is 169 Å². The van der Waals surface area contributed by atoms with E-state index in [2.05, 4.69) is 132 Å². The zero-order valence-electron chi connectivity index (χ0n) is 49.5. The Bertz CT molecular complexity index is 4110. The van der Waals surface area contributed by atoms with Gasteiger partial charge in [0, 0.05) is 77.5 Å². The van der Waals surface area contributed by atoms with Crippen molar-refractivity contribution in [2.75, 3.05) is 47.2 Å². The number of methoxy groups -OCH3 is 2. The number of hydrogen-bond donors (Lipinski definition) is 5. The quantitative estimate of drug-likeness (QED) is 0.0871. The second kappa shape index (κ2) is 29.2. The standard InChI is InChI=1S/C17H22N6O3.C13H10N4.C12H9N5.C10H12N4O2.C8H6N4O2/c1-17(2,3)26-16(25)23-10-8-22(9-11-23)15(24)13-6-4-12(5-7-13)14-18-20-21-19-14;1-2-5-10(6-3-1)11-7-4-8-12(9-11)13-14-16-17-15-13;1-2-11(8-13-7-1)9-3-5-10(6-4-9)12-14-16-17-15-12;1-6-8(15-2)4-7(5-9(6)16-3)10-11-13-14-12-10;1-2-6-7(14-4-13-6)3-5(1)8-9-11-12-10-8/h4-7H,8-11H2,1-3H3,(H,18,19,20,21);1-9H,(H,14,15,16,17);1-8H,(H,14,15,16,17);4-5H,1-3H3,(H,11,12,13,14);1-3H,4H2,(H,9,10,11,12). The molecule has 1 saturated heterocycles. The summed E-state index contributed by atoms with van der Waals surface area (Å²) in [6.07, 6.45) is 3.26. The van der Waals surface area contributed by atoms with Crippen molar-refractivity contribution in [1.29, 1.82) is 0 Å². The van der Waals surface area contributed by atoms with E-state index >= 15 is 0 Å². The van der Waals surface area contributed by atoms with Gasteiger partial charge in [-0.25, -0.2) is 4.79 Å². The number of H-pyrrole nitrogens is 5. The molecule has 6 aromatic heterocycles. The average molecular weight is 1210 g/mol. The van der Waals surface area contributed by atoms with Gasteiger partial charge in [0.25, 0.3) is 5.91 Å². The van der Waals surface area contributed by atoms with Crippen LogP contribution in [0.5, 0.6) is 23.0 Å². The molecule has 6 aromatic carbocycles. The van der Waals surface area contributed by atoms with Crippen LogP contribution in [0, 0.1) is 6.92 Å². The Morgan fingerprint density at radius 2 is 0.900 bits per heavy atom. The molecule has 5 N–H and O–H groups in total. The predicted molar refractivity (Wildman–Crippen MR) is 324 cm³/mol. The number of rotatable bonds is 10. The molecule has 30 heteroatoms. The number of carbonyl (C=O) groups is 2. The molecular formula is C60H59N23O7. The largest absolute Gasteiger partial charge is 0.496 e. The fourth-order valence-corrected chi connectivity index (χ4v) is 8.85. The summed E-state index contributed by atoms with van der Waals surface area (Å²) >= 11 is 0. The number of nitrogens with one attached hydrogen (secondary N) is 5. The Hall–Kier alpha value is -12.2. The number of carbonyl (C=O) groups excluding carboxylic acids is 2. The summed E-state index contributed by atoms with van der Waals surface area (Å²) in [4.78, 5) is 32.2. The summed E-state index contributed by atoms with van der Waals surface area (Å²) in [6, 6.07) is 46.5. The SMILES string of the molecule is CC(C)(C)OC(=O)N1CCN(C(=O)c2ccc(-c3nn[nH]n3)cc2)CC1.COc1cc(-c2nn[nH]n2)cc(OC)c1C.c1cc2c(cc1-c1nn[nH]n1)OCO2.c1ccc(-c2cccc(-c3nn[nH]n3)c2)cc1.c1cncc(-c2ccc(-c3nn[nH]n3)cc2)c1. The minimum Gasteiger partial charge on any atom is -0.496 e. The van der Waals surface area contributed by atoms with Crippen molar-refractivity contribution < 1.29 is 33.3 Å². The molecule has 8 heterocycles. The van der Waals surface area contributed by atoms with Gasteiger partial charge in [-0.1, -0.05) is 91.0 Å². The van der Waals surface area contributed by atoms with Gasteiger partial charge < -0.3 is 33.5 Å². The lowest BCUT2D eigenvalue weighted by Crippen LogP contribution is -2.51. The summed E-state index contributed by atoms with van der Waals surface area (Å²) in [7, 11) is 3.23. The minimum absolute atomic E-state index is 0.0616. The molecule has 30 nitrogen and oxygen atoms in total. The van der Waals surface area contributed by atoms with Gasteiger partial charge in [-0.05, 0) is 131 Å². The predicted octanol–water partition coefficient (Wildman–Crippen LogP) is 7.81.